The van der Waals surface area contributed by atoms with Gasteiger partial charge in [0, 0.05) is 61.5 Å². The summed E-state index contributed by atoms with van der Waals surface area (Å²) in [5.41, 5.74) is 0. The Morgan fingerprint density at radius 1 is 0.894 bits per heavy atom. The van der Waals surface area contributed by atoms with Crippen molar-refractivity contribution in [2.45, 2.75) is 102 Å². The lowest BCUT2D eigenvalue weighted by Gasteiger charge is -2.44. The van der Waals surface area contributed by atoms with Crippen LogP contribution in [0.4, 0.5) is 0 Å². The van der Waals surface area contributed by atoms with Crippen molar-refractivity contribution in [1.29, 1.82) is 0 Å². The Bertz CT molecular complexity index is 1130. The van der Waals surface area contributed by atoms with E-state index < -0.39 is 74.5 Å². The molecule has 0 aromatic rings. The number of phosphoric ester groups is 1. The fourth-order valence-corrected chi connectivity index (χ4v) is 6.53. The second-order valence-electron chi connectivity index (χ2n) is 11.1. The Kier molecular flexibility index (Phi) is 17.1. The van der Waals surface area contributed by atoms with Crippen LogP contribution in [0, 0.1) is 5.92 Å². The molecule has 2 rings (SSSR count). The zero-order valence-electron chi connectivity index (χ0n) is 27.7. The number of carbonyl (C=O) groups is 4. The van der Waals surface area contributed by atoms with Gasteiger partial charge in [-0.15, -0.1) is 0 Å². The van der Waals surface area contributed by atoms with Gasteiger partial charge >= 0.3 is 25.7 Å². The lowest BCUT2D eigenvalue weighted by Crippen LogP contribution is -2.66. The minimum absolute atomic E-state index is 0.132. The average molecular weight is 715 g/mol. The van der Waals surface area contributed by atoms with Crippen LogP contribution in [-0.4, -0.2) is 124 Å². The van der Waals surface area contributed by atoms with Crippen molar-refractivity contribution in [2.75, 3.05) is 41.2 Å². The Morgan fingerprint density at radius 2 is 1.55 bits per heavy atom. The van der Waals surface area contributed by atoms with Gasteiger partial charge in [0.25, 0.3) is 0 Å². The minimum Gasteiger partial charge on any atom is -0.463 e. The third kappa shape index (κ3) is 13.3. The van der Waals surface area contributed by atoms with Gasteiger partial charge in [-0.1, -0.05) is 12.2 Å². The first-order valence-corrected chi connectivity index (χ1v) is 16.9. The molecule has 0 bridgehead atoms. The Hall–Kier alpha value is -2.28. The Labute approximate surface area is 279 Å². The van der Waals surface area contributed by atoms with E-state index in [0.717, 1.165) is 21.0 Å². The molecule has 17 nitrogen and oxygen atoms in total. The summed E-state index contributed by atoms with van der Waals surface area (Å²) in [6.07, 6.45) is -4.02. The van der Waals surface area contributed by atoms with E-state index in [0.29, 0.717) is 30.7 Å². The van der Waals surface area contributed by atoms with Gasteiger partial charge in [0.2, 0.25) is 5.91 Å². The molecule has 0 radical (unpaired) electrons. The lowest BCUT2D eigenvalue weighted by atomic mass is 9.96. The highest BCUT2D eigenvalue weighted by molar-refractivity contribution is 7.80. The van der Waals surface area contributed by atoms with E-state index in [9.17, 15) is 28.6 Å². The molecule has 19 heteroatoms. The summed E-state index contributed by atoms with van der Waals surface area (Å²) in [5, 5.41) is 5.91. The molecule has 2 unspecified atom stereocenters. The molecule has 2 aliphatic rings. The van der Waals surface area contributed by atoms with Crippen LogP contribution >= 0.6 is 20.0 Å². The highest BCUT2D eigenvalue weighted by Gasteiger charge is 2.51. The third-order valence-electron chi connectivity index (χ3n) is 7.38. The molecule has 2 fully saturated rings. The summed E-state index contributed by atoms with van der Waals surface area (Å²) in [6.45, 7) is 4.83. The van der Waals surface area contributed by atoms with E-state index in [4.69, 9.17) is 49.9 Å². The van der Waals surface area contributed by atoms with Crippen molar-refractivity contribution >= 4 is 48.8 Å². The summed E-state index contributed by atoms with van der Waals surface area (Å²) >= 11 is 5.56. The monoisotopic (exact) mass is 714 g/mol. The van der Waals surface area contributed by atoms with Crippen LogP contribution in [0.5, 0.6) is 0 Å². The van der Waals surface area contributed by atoms with Crippen molar-refractivity contribution in [3.05, 3.63) is 0 Å². The van der Waals surface area contributed by atoms with Gasteiger partial charge < -0.3 is 48.7 Å². The number of hydrogen-bond acceptors (Lipinski definition) is 15. The van der Waals surface area contributed by atoms with Gasteiger partial charge in [0.05, 0.1) is 17.6 Å². The minimum atomic E-state index is -4.29. The number of ether oxygens (including phenoxy) is 7. The maximum absolute atomic E-state index is 12.1. The first-order valence-electron chi connectivity index (χ1n) is 15.0. The summed E-state index contributed by atoms with van der Waals surface area (Å²) in [7, 11) is -0.217. The Morgan fingerprint density at radius 3 is 2.11 bits per heavy atom. The number of carbonyl (C=O) groups excluding carboxylic acids is 4. The van der Waals surface area contributed by atoms with Gasteiger partial charge in [-0.25, -0.2) is 4.57 Å². The normalized spacial score (nSPS) is 30.1. The van der Waals surface area contributed by atoms with Crippen LogP contribution in [0.2, 0.25) is 0 Å². The summed E-state index contributed by atoms with van der Waals surface area (Å²) in [5.74, 6) is -2.76. The van der Waals surface area contributed by atoms with Crippen LogP contribution in [0.1, 0.15) is 53.4 Å². The highest BCUT2D eigenvalue weighted by Crippen LogP contribution is 2.48. The highest BCUT2D eigenvalue weighted by atomic mass is 32.1. The average Bonchev–Trinajstić information content (AvgIpc) is 3.28. The molecule has 0 spiro atoms. The van der Waals surface area contributed by atoms with Crippen LogP contribution in [0.3, 0.4) is 0 Å². The van der Waals surface area contributed by atoms with Crippen molar-refractivity contribution < 1.29 is 70.8 Å². The summed E-state index contributed by atoms with van der Waals surface area (Å²) < 4.78 is 60.9. The van der Waals surface area contributed by atoms with Crippen molar-refractivity contribution in [3.63, 3.8) is 0 Å². The molecule has 3 N–H and O–H groups in total. The predicted molar refractivity (Wildman–Crippen MR) is 166 cm³/mol. The number of methoxy groups -OCH3 is 2. The van der Waals surface area contributed by atoms with Crippen LogP contribution in [-0.2, 0) is 65.9 Å². The molecule has 1 aliphatic heterocycles. The fourth-order valence-electron chi connectivity index (χ4n) is 5.55. The van der Waals surface area contributed by atoms with Crippen LogP contribution < -0.4 is 10.6 Å². The molecule has 10 atom stereocenters. The number of rotatable bonds is 18. The van der Waals surface area contributed by atoms with E-state index in [1.807, 2.05) is 0 Å². The first-order chi connectivity index (χ1) is 22.1. The van der Waals surface area contributed by atoms with Gasteiger partial charge in [-0.3, -0.25) is 28.2 Å². The SMILES string of the molecule is COC[C@H]1C[C@H](NC(=S)CCCCO[C@@H]2O[C@H](COC(C)=O)[C@H](OC(C)=O)[C@H](OC(C)=O)[C@H]2NC(C)=O)[C@@H](OC)C1OP(=O)(O)OC. The number of amides is 1. The lowest BCUT2D eigenvalue weighted by molar-refractivity contribution is -0.277. The molecule has 1 saturated carbocycles. The summed E-state index contributed by atoms with van der Waals surface area (Å²) in [4.78, 5) is 58.0. The van der Waals surface area contributed by atoms with Crippen molar-refractivity contribution in [2.24, 2.45) is 5.92 Å². The maximum Gasteiger partial charge on any atom is 0.472 e. The van der Waals surface area contributed by atoms with E-state index in [1.54, 1.807) is 0 Å². The number of esters is 3. The van der Waals surface area contributed by atoms with Crippen LogP contribution in [0.15, 0.2) is 0 Å². The molecular formula is C28H47N2O15PS. The zero-order chi connectivity index (χ0) is 35.3. The third-order valence-corrected chi connectivity index (χ3v) is 8.67. The smallest absolute Gasteiger partial charge is 0.463 e. The molecule has 1 heterocycles. The number of phosphoric acid groups is 1. The second-order valence-corrected chi connectivity index (χ2v) is 13.1. The largest absolute Gasteiger partial charge is 0.472 e. The topological polar surface area (TPSA) is 213 Å². The fraction of sp³-hybridized carbons (Fsp3) is 0.821. The zero-order valence-corrected chi connectivity index (χ0v) is 29.4. The van der Waals surface area contributed by atoms with Crippen molar-refractivity contribution in [1.82, 2.24) is 10.6 Å². The molecule has 270 valence electrons. The van der Waals surface area contributed by atoms with Crippen LogP contribution in [0.25, 0.3) is 0 Å². The van der Waals surface area contributed by atoms with E-state index in [-0.39, 0.29) is 31.8 Å². The molecular weight excluding hydrogens is 667 g/mol. The molecule has 0 aromatic carbocycles. The number of nitrogens with one attached hydrogen (secondary N) is 2. The van der Waals surface area contributed by atoms with E-state index >= 15 is 0 Å². The predicted octanol–water partition coefficient (Wildman–Crippen LogP) is 0.928. The molecule has 0 aromatic heterocycles. The maximum atomic E-state index is 12.1. The van der Waals surface area contributed by atoms with Gasteiger partial charge in [0.1, 0.15) is 31.0 Å². The van der Waals surface area contributed by atoms with E-state index in [1.165, 1.54) is 28.1 Å². The Balaban J connectivity index is 2.04. The number of hydrogen-bond donors (Lipinski definition) is 3. The van der Waals surface area contributed by atoms with Gasteiger partial charge in [-0.05, 0) is 25.7 Å². The molecule has 47 heavy (non-hydrogen) atoms. The van der Waals surface area contributed by atoms with Gasteiger partial charge in [-0.2, -0.15) is 0 Å². The molecule has 1 amide bonds. The standard InChI is InChI=1S/C28H47N2O15PS/c1-15(31)29-23-27(43-18(4)34)26(42-17(3)33)21(14-41-16(2)32)44-28(23)40-11-9-8-10-22(47)30-20-12-19(13-37-5)24(25(20)38-6)45-46(35,36)39-7/h19-21,23-28H,8-14H2,1-7H3,(H,29,31)(H,30,47)(H,35,36)/t19-,20+,21-,23-,24?,25-,26+,27-,28-/m1/s1. The number of unbranched alkanes of at least 4 members (excludes halogenated alkanes) is 1. The molecule has 1 saturated heterocycles. The molecule has 1 aliphatic carbocycles. The summed E-state index contributed by atoms with van der Waals surface area (Å²) in [6, 6.07) is -1.38. The number of thiocarbonyl (C=S) groups is 1. The quantitative estimate of drug-likeness (QED) is 0.0592. The second kappa shape index (κ2) is 19.7. The first kappa shape index (κ1) is 40.9. The van der Waals surface area contributed by atoms with Crippen molar-refractivity contribution in [3.8, 4) is 0 Å². The van der Waals surface area contributed by atoms with Gasteiger partial charge in [0.15, 0.2) is 18.5 Å². The van der Waals surface area contributed by atoms with E-state index in [2.05, 4.69) is 15.2 Å².